The van der Waals surface area contributed by atoms with Crippen LogP contribution >= 0.6 is 12.4 Å². The molecule has 1 atom stereocenters. The van der Waals surface area contributed by atoms with Gasteiger partial charge in [0.1, 0.15) is 11.6 Å². The van der Waals surface area contributed by atoms with Crippen molar-refractivity contribution in [3.05, 3.63) is 35.4 Å². The van der Waals surface area contributed by atoms with Crippen LogP contribution in [0.3, 0.4) is 0 Å². The van der Waals surface area contributed by atoms with Crippen molar-refractivity contribution in [3.63, 3.8) is 0 Å². The summed E-state index contributed by atoms with van der Waals surface area (Å²) in [5.74, 6) is -0.796. The van der Waals surface area contributed by atoms with Crippen LogP contribution in [0.4, 0.5) is 8.78 Å². The SMILES string of the molecule is Cl.N[C@H](c1c(F)cccc1F)C1CCC1. The summed E-state index contributed by atoms with van der Waals surface area (Å²) < 4.78 is 26.6. The Balaban J connectivity index is 0.00000112. The molecule has 15 heavy (non-hydrogen) atoms. The van der Waals surface area contributed by atoms with Crippen LogP contribution in [-0.2, 0) is 0 Å². The molecule has 2 N–H and O–H groups in total. The molecule has 0 heterocycles. The number of rotatable bonds is 2. The molecule has 0 aliphatic heterocycles. The molecule has 0 spiro atoms. The van der Waals surface area contributed by atoms with E-state index in [1.165, 1.54) is 18.2 Å². The zero-order valence-electron chi connectivity index (χ0n) is 8.25. The van der Waals surface area contributed by atoms with E-state index in [4.69, 9.17) is 5.73 Å². The Labute approximate surface area is 94.1 Å². The van der Waals surface area contributed by atoms with Crippen LogP contribution < -0.4 is 5.73 Å². The second-order valence-electron chi connectivity index (χ2n) is 3.85. The summed E-state index contributed by atoms with van der Waals surface area (Å²) in [6, 6.07) is 3.40. The lowest BCUT2D eigenvalue weighted by molar-refractivity contribution is 0.256. The Bertz CT molecular complexity index is 319. The third-order valence-electron chi connectivity index (χ3n) is 2.99. The fraction of sp³-hybridized carbons (Fsp3) is 0.455. The molecule has 0 bridgehead atoms. The van der Waals surface area contributed by atoms with Crippen LogP contribution in [0.1, 0.15) is 30.9 Å². The number of hydrogen-bond donors (Lipinski definition) is 1. The van der Waals surface area contributed by atoms with Gasteiger partial charge in [-0.15, -0.1) is 12.4 Å². The highest BCUT2D eigenvalue weighted by Gasteiger charge is 2.29. The summed E-state index contributed by atoms with van der Waals surface area (Å²) in [5.41, 5.74) is 5.87. The Morgan fingerprint density at radius 2 is 1.73 bits per heavy atom. The molecule has 0 unspecified atom stereocenters. The molecule has 1 aromatic rings. The fourth-order valence-corrected chi connectivity index (χ4v) is 1.86. The minimum Gasteiger partial charge on any atom is -0.324 e. The highest BCUT2D eigenvalue weighted by Crippen LogP contribution is 2.37. The smallest absolute Gasteiger partial charge is 0.130 e. The second kappa shape index (κ2) is 4.90. The molecule has 0 saturated heterocycles. The van der Waals surface area contributed by atoms with Gasteiger partial charge in [0.15, 0.2) is 0 Å². The van der Waals surface area contributed by atoms with E-state index in [-0.39, 0.29) is 23.9 Å². The normalized spacial score (nSPS) is 17.8. The predicted molar refractivity (Wildman–Crippen MR) is 57.9 cm³/mol. The van der Waals surface area contributed by atoms with Gasteiger partial charge in [-0.2, -0.15) is 0 Å². The minimum atomic E-state index is -0.524. The Morgan fingerprint density at radius 1 is 1.20 bits per heavy atom. The van der Waals surface area contributed by atoms with Crippen LogP contribution in [0, 0.1) is 17.6 Å². The van der Waals surface area contributed by atoms with Gasteiger partial charge in [0.25, 0.3) is 0 Å². The Kier molecular flexibility index (Phi) is 4.05. The van der Waals surface area contributed by atoms with E-state index >= 15 is 0 Å². The first kappa shape index (κ1) is 12.4. The average molecular weight is 234 g/mol. The highest BCUT2D eigenvalue weighted by molar-refractivity contribution is 5.85. The van der Waals surface area contributed by atoms with Gasteiger partial charge < -0.3 is 5.73 Å². The number of hydrogen-bond acceptors (Lipinski definition) is 1. The molecule has 0 amide bonds. The molecule has 1 aliphatic carbocycles. The molecule has 2 rings (SSSR count). The quantitative estimate of drug-likeness (QED) is 0.834. The van der Waals surface area contributed by atoms with Gasteiger partial charge in [-0.05, 0) is 30.9 Å². The molecule has 0 aromatic heterocycles. The lowest BCUT2D eigenvalue weighted by Crippen LogP contribution is -2.28. The summed E-state index contributed by atoms with van der Waals surface area (Å²) in [7, 11) is 0. The maximum Gasteiger partial charge on any atom is 0.130 e. The predicted octanol–water partition coefficient (Wildman–Crippen LogP) is 3.19. The maximum absolute atomic E-state index is 13.3. The standard InChI is InChI=1S/C11H13F2N.ClH/c12-8-5-2-6-9(13)10(8)11(14)7-3-1-4-7;/h2,5-7,11H,1,3-4,14H2;1H/t11-;/m0./s1. The van der Waals surface area contributed by atoms with Crippen molar-refractivity contribution in [1.82, 2.24) is 0 Å². The van der Waals surface area contributed by atoms with Gasteiger partial charge in [-0.3, -0.25) is 0 Å². The van der Waals surface area contributed by atoms with Gasteiger partial charge in [0, 0.05) is 11.6 Å². The Morgan fingerprint density at radius 3 is 2.13 bits per heavy atom. The molecule has 1 aromatic carbocycles. The molecule has 0 radical (unpaired) electrons. The van der Waals surface area contributed by atoms with Crippen molar-refractivity contribution < 1.29 is 8.78 Å². The van der Waals surface area contributed by atoms with E-state index in [1.54, 1.807) is 0 Å². The van der Waals surface area contributed by atoms with Gasteiger partial charge in [-0.25, -0.2) is 8.78 Å². The monoisotopic (exact) mass is 233 g/mol. The van der Waals surface area contributed by atoms with E-state index in [9.17, 15) is 8.78 Å². The van der Waals surface area contributed by atoms with Gasteiger partial charge in [0.2, 0.25) is 0 Å². The highest BCUT2D eigenvalue weighted by atomic mass is 35.5. The van der Waals surface area contributed by atoms with Crippen LogP contribution in [0.5, 0.6) is 0 Å². The molecular formula is C11H14ClF2N. The Hall–Kier alpha value is -0.670. The van der Waals surface area contributed by atoms with Crippen LogP contribution in [0.2, 0.25) is 0 Å². The molecule has 1 aliphatic rings. The van der Waals surface area contributed by atoms with Gasteiger partial charge >= 0.3 is 0 Å². The lowest BCUT2D eigenvalue weighted by atomic mass is 9.77. The molecule has 4 heteroatoms. The molecule has 1 nitrogen and oxygen atoms in total. The molecule has 1 saturated carbocycles. The summed E-state index contributed by atoms with van der Waals surface area (Å²) in [6.45, 7) is 0. The largest absolute Gasteiger partial charge is 0.324 e. The van der Waals surface area contributed by atoms with E-state index in [1.807, 2.05) is 0 Å². The molecule has 84 valence electrons. The van der Waals surface area contributed by atoms with E-state index in [0.717, 1.165) is 19.3 Å². The maximum atomic E-state index is 13.3. The van der Waals surface area contributed by atoms with Crippen molar-refractivity contribution in [1.29, 1.82) is 0 Å². The van der Waals surface area contributed by atoms with Crippen LogP contribution in [-0.4, -0.2) is 0 Å². The van der Waals surface area contributed by atoms with Gasteiger partial charge in [-0.1, -0.05) is 12.5 Å². The van der Waals surface area contributed by atoms with E-state index < -0.39 is 17.7 Å². The van der Waals surface area contributed by atoms with E-state index in [0.29, 0.717) is 0 Å². The number of nitrogens with two attached hydrogens (primary N) is 1. The first-order valence-electron chi connectivity index (χ1n) is 4.89. The summed E-state index contributed by atoms with van der Waals surface area (Å²) in [4.78, 5) is 0. The summed E-state index contributed by atoms with van der Waals surface area (Å²) >= 11 is 0. The van der Waals surface area contributed by atoms with Gasteiger partial charge in [0.05, 0.1) is 0 Å². The number of halogens is 3. The summed E-state index contributed by atoms with van der Waals surface area (Å²) in [6.07, 6.45) is 3.08. The number of benzene rings is 1. The molecular weight excluding hydrogens is 220 g/mol. The zero-order chi connectivity index (χ0) is 10.1. The first-order valence-corrected chi connectivity index (χ1v) is 4.89. The van der Waals surface area contributed by atoms with Crippen molar-refractivity contribution >= 4 is 12.4 Å². The molecule has 1 fully saturated rings. The second-order valence-corrected chi connectivity index (χ2v) is 3.85. The lowest BCUT2D eigenvalue weighted by Gasteiger charge is -2.31. The topological polar surface area (TPSA) is 26.0 Å². The third kappa shape index (κ3) is 2.29. The summed E-state index contributed by atoms with van der Waals surface area (Å²) in [5, 5.41) is 0. The van der Waals surface area contributed by atoms with Crippen LogP contribution in [0.25, 0.3) is 0 Å². The van der Waals surface area contributed by atoms with Crippen LogP contribution in [0.15, 0.2) is 18.2 Å². The van der Waals surface area contributed by atoms with Crippen molar-refractivity contribution in [2.24, 2.45) is 11.7 Å². The van der Waals surface area contributed by atoms with E-state index in [2.05, 4.69) is 0 Å². The fourth-order valence-electron chi connectivity index (χ4n) is 1.86. The first-order chi connectivity index (χ1) is 6.70. The minimum absolute atomic E-state index is 0. The third-order valence-corrected chi connectivity index (χ3v) is 2.99. The van der Waals surface area contributed by atoms with Crippen molar-refractivity contribution in [3.8, 4) is 0 Å². The van der Waals surface area contributed by atoms with Crippen molar-refractivity contribution in [2.75, 3.05) is 0 Å². The zero-order valence-corrected chi connectivity index (χ0v) is 9.07. The van der Waals surface area contributed by atoms with Crippen molar-refractivity contribution in [2.45, 2.75) is 25.3 Å². The average Bonchev–Trinajstić information content (AvgIpc) is 2.00.